The lowest BCUT2D eigenvalue weighted by Gasteiger charge is -2.40. The minimum absolute atomic E-state index is 0.199. The van der Waals surface area contributed by atoms with Gasteiger partial charge in [-0.15, -0.1) is 0 Å². The van der Waals surface area contributed by atoms with Gasteiger partial charge in [-0.2, -0.15) is 0 Å². The molecule has 1 amide bonds. The van der Waals surface area contributed by atoms with Crippen molar-refractivity contribution in [1.82, 2.24) is 15.2 Å². The van der Waals surface area contributed by atoms with E-state index in [2.05, 4.69) is 21.3 Å². The summed E-state index contributed by atoms with van der Waals surface area (Å²) in [5.74, 6) is 0.199. The summed E-state index contributed by atoms with van der Waals surface area (Å²) in [6, 6.07) is 6.01. The normalized spacial score (nSPS) is 17.8. The Hall–Kier alpha value is -1.46. The molecule has 1 fully saturated rings. The summed E-state index contributed by atoms with van der Waals surface area (Å²) >= 11 is 0. The van der Waals surface area contributed by atoms with Crippen LogP contribution in [0.4, 0.5) is 0 Å². The zero-order valence-electron chi connectivity index (χ0n) is 14.4. The molecule has 1 aliphatic rings. The third-order valence-electron chi connectivity index (χ3n) is 4.95. The van der Waals surface area contributed by atoms with Crippen molar-refractivity contribution >= 4 is 5.91 Å². The van der Waals surface area contributed by atoms with Crippen molar-refractivity contribution in [3.63, 3.8) is 0 Å². The number of pyridine rings is 1. The molecule has 23 heavy (non-hydrogen) atoms. The zero-order valence-corrected chi connectivity index (χ0v) is 14.4. The number of piperidine rings is 1. The average Bonchev–Trinajstić information content (AvgIpc) is 2.61. The first-order valence-corrected chi connectivity index (χ1v) is 8.53. The second kappa shape index (κ2) is 8.99. The maximum Gasteiger partial charge on any atom is 0.226 e. The average molecular weight is 319 g/mol. The molecule has 0 aromatic carbocycles. The highest BCUT2D eigenvalue weighted by atomic mass is 16.5. The van der Waals surface area contributed by atoms with E-state index < -0.39 is 0 Å². The molecule has 1 saturated heterocycles. The van der Waals surface area contributed by atoms with Gasteiger partial charge < -0.3 is 15.0 Å². The van der Waals surface area contributed by atoms with Crippen molar-refractivity contribution in [2.75, 3.05) is 40.4 Å². The van der Waals surface area contributed by atoms with Gasteiger partial charge in [-0.25, -0.2) is 0 Å². The van der Waals surface area contributed by atoms with E-state index in [1.165, 1.54) is 0 Å². The Balaban J connectivity index is 1.88. The van der Waals surface area contributed by atoms with E-state index in [1.54, 1.807) is 14.2 Å². The largest absolute Gasteiger partial charge is 0.383 e. The van der Waals surface area contributed by atoms with Gasteiger partial charge in [0.15, 0.2) is 0 Å². The van der Waals surface area contributed by atoms with Crippen LogP contribution in [0.25, 0.3) is 0 Å². The van der Waals surface area contributed by atoms with Crippen LogP contribution in [0.5, 0.6) is 0 Å². The van der Waals surface area contributed by atoms with E-state index in [0.29, 0.717) is 0 Å². The van der Waals surface area contributed by atoms with Gasteiger partial charge in [0.25, 0.3) is 0 Å². The Morgan fingerprint density at radius 2 is 2.17 bits per heavy atom. The summed E-state index contributed by atoms with van der Waals surface area (Å²) in [7, 11) is 3.48. The molecule has 2 rings (SSSR count). The first-order valence-electron chi connectivity index (χ1n) is 8.53. The smallest absolute Gasteiger partial charge is 0.226 e. The van der Waals surface area contributed by atoms with E-state index in [1.807, 2.05) is 18.3 Å². The maximum atomic E-state index is 12.5. The zero-order chi connectivity index (χ0) is 16.5. The number of carbonyl (C=O) groups excluding carboxylic acids is 1. The van der Waals surface area contributed by atoms with Crippen LogP contribution >= 0.6 is 0 Å². The van der Waals surface area contributed by atoms with Crippen molar-refractivity contribution in [1.29, 1.82) is 0 Å². The molecule has 1 aromatic heterocycles. The Bertz CT molecular complexity index is 470. The Morgan fingerprint density at radius 3 is 2.78 bits per heavy atom. The summed E-state index contributed by atoms with van der Waals surface area (Å²) in [6.45, 7) is 3.65. The van der Waals surface area contributed by atoms with E-state index >= 15 is 0 Å². The highest BCUT2D eigenvalue weighted by molar-refractivity contribution is 5.82. The second-order valence-corrected chi connectivity index (χ2v) is 6.37. The third kappa shape index (κ3) is 5.01. The summed E-state index contributed by atoms with van der Waals surface area (Å²) < 4.78 is 5.15. The highest BCUT2D eigenvalue weighted by Gasteiger charge is 2.40. The molecule has 1 aromatic rings. The Morgan fingerprint density at radius 1 is 1.39 bits per heavy atom. The number of likely N-dealkylation sites (tertiary alicyclic amines) is 1. The summed E-state index contributed by atoms with van der Waals surface area (Å²) in [6.07, 6.45) is 6.56. The van der Waals surface area contributed by atoms with E-state index in [0.717, 1.165) is 64.0 Å². The van der Waals surface area contributed by atoms with Crippen LogP contribution in [0.15, 0.2) is 24.4 Å². The fourth-order valence-electron chi connectivity index (χ4n) is 3.43. The van der Waals surface area contributed by atoms with Gasteiger partial charge >= 0.3 is 0 Å². The fraction of sp³-hybridized carbons (Fsp3) is 0.667. The summed E-state index contributed by atoms with van der Waals surface area (Å²) in [4.78, 5) is 19.2. The molecular formula is C18H29N3O2. The lowest BCUT2D eigenvalue weighted by Crippen LogP contribution is -2.48. The fourth-order valence-corrected chi connectivity index (χ4v) is 3.43. The SMILES string of the molecule is CNC(=O)C1(CCCc2ccccn2)CCN(CCOC)CC1. The number of hydrogen-bond acceptors (Lipinski definition) is 4. The van der Waals surface area contributed by atoms with Crippen LogP contribution in [0, 0.1) is 5.41 Å². The number of aromatic nitrogens is 1. The van der Waals surface area contributed by atoms with Crippen molar-refractivity contribution in [3.05, 3.63) is 30.1 Å². The van der Waals surface area contributed by atoms with Gasteiger partial charge in [-0.1, -0.05) is 6.07 Å². The number of nitrogens with one attached hydrogen (secondary N) is 1. The number of aryl methyl sites for hydroxylation is 1. The predicted molar refractivity (Wildman–Crippen MR) is 91.2 cm³/mol. The maximum absolute atomic E-state index is 12.5. The second-order valence-electron chi connectivity index (χ2n) is 6.37. The molecular weight excluding hydrogens is 290 g/mol. The van der Waals surface area contributed by atoms with E-state index in [4.69, 9.17) is 4.74 Å². The Labute approximate surface area is 139 Å². The van der Waals surface area contributed by atoms with Crippen LogP contribution in [0.1, 0.15) is 31.4 Å². The van der Waals surface area contributed by atoms with Crippen LogP contribution in [0.2, 0.25) is 0 Å². The predicted octanol–water partition coefficient (Wildman–Crippen LogP) is 1.88. The van der Waals surface area contributed by atoms with Crippen molar-refractivity contribution in [2.45, 2.75) is 32.1 Å². The number of carbonyl (C=O) groups is 1. The molecule has 0 aliphatic carbocycles. The Kier molecular flexibility index (Phi) is 6.99. The van der Waals surface area contributed by atoms with Crippen molar-refractivity contribution in [3.8, 4) is 0 Å². The molecule has 128 valence electrons. The minimum Gasteiger partial charge on any atom is -0.383 e. The molecule has 0 spiro atoms. The number of hydrogen-bond donors (Lipinski definition) is 1. The topological polar surface area (TPSA) is 54.5 Å². The van der Waals surface area contributed by atoms with Gasteiger partial charge in [0.1, 0.15) is 0 Å². The minimum atomic E-state index is -0.215. The highest BCUT2D eigenvalue weighted by Crippen LogP contribution is 2.36. The molecule has 0 atom stereocenters. The molecule has 0 radical (unpaired) electrons. The van der Waals surface area contributed by atoms with Crippen molar-refractivity contribution < 1.29 is 9.53 Å². The van der Waals surface area contributed by atoms with E-state index in [-0.39, 0.29) is 11.3 Å². The van der Waals surface area contributed by atoms with Crippen LogP contribution < -0.4 is 5.32 Å². The van der Waals surface area contributed by atoms with Gasteiger partial charge in [-0.3, -0.25) is 9.78 Å². The number of ether oxygens (including phenoxy) is 1. The molecule has 1 aliphatic heterocycles. The lowest BCUT2D eigenvalue weighted by molar-refractivity contribution is -0.134. The molecule has 0 unspecified atom stereocenters. The quantitative estimate of drug-likeness (QED) is 0.795. The summed E-state index contributed by atoms with van der Waals surface area (Å²) in [5.41, 5.74) is 0.893. The molecule has 0 saturated carbocycles. The van der Waals surface area contributed by atoms with Gasteiger partial charge in [-0.05, 0) is 57.3 Å². The number of amides is 1. The monoisotopic (exact) mass is 319 g/mol. The van der Waals surface area contributed by atoms with E-state index in [9.17, 15) is 4.79 Å². The number of methoxy groups -OCH3 is 1. The van der Waals surface area contributed by atoms with Gasteiger partial charge in [0.05, 0.1) is 12.0 Å². The van der Waals surface area contributed by atoms with Crippen LogP contribution in [0.3, 0.4) is 0 Å². The molecule has 1 N–H and O–H groups in total. The van der Waals surface area contributed by atoms with Gasteiger partial charge in [0, 0.05) is 32.6 Å². The molecule has 2 heterocycles. The summed E-state index contributed by atoms with van der Waals surface area (Å²) in [5, 5.41) is 2.88. The number of rotatable bonds is 8. The first kappa shape index (κ1) is 17.9. The standard InChI is InChI=1S/C18H29N3O2/c1-19-17(22)18(8-5-7-16-6-3-4-11-20-16)9-12-21(13-10-18)14-15-23-2/h3-4,6,11H,5,7-10,12-15H2,1-2H3,(H,19,22). The molecule has 0 bridgehead atoms. The third-order valence-corrected chi connectivity index (χ3v) is 4.95. The first-order chi connectivity index (χ1) is 11.2. The number of nitrogens with zero attached hydrogens (tertiary/aromatic N) is 2. The molecule has 5 nitrogen and oxygen atoms in total. The van der Waals surface area contributed by atoms with Gasteiger partial charge in [0.2, 0.25) is 5.91 Å². The molecule has 5 heteroatoms. The van der Waals surface area contributed by atoms with Crippen molar-refractivity contribution in [2.24, 2.45) is 5.41 Å². The van der Waals surface area contributed by atoms with Crippen LogP contribution in [-0.4, -0.2) is 56.2 Å². The van der Waals surface area contributed by atoms with Crippen LogP contribution in [-0.2, 0) is 16.0 Å². The lowest BCUT2D eigenvalue weighted by atomic mass is 9.73.